The van der Waals surface area contributed by atoms with Crippen LogP contribution in [0.15, 0.2) is 54.6 Å². The number of anilines is 1. The van der Waals surface area contributed by atoms with Gasteiger partial charge in [-0.05, 0) is 49.2 Å². The summed E-state index contributed by atoms with van der Waals surface area (Å²) in [5.41, 5.74) is 2.69. The lowest BCUT2D eigenvalue weighted by molar-refractivity contribution is -0.121. The highest BCUT2D eigenvalue weighted by Crippen LogP contribution is 2.21. The summed E-state index contributed by atoms with van der Waals surface area (Å²) in [5.74, 6) is 0.0373. The summed E-state index contributed by atoms with van der Waals surface area (Å²) in [5, 5.41) is 6.32. The van der Waals surface area contributed by atoms with E-state index in [1.54, 1.807) is 0 Å². The summed E-state index contributed by atoms with van der Waals surface area (Å²) in [7, 11) is 0. The van der Waals surface area contributed by atoms with Crippen molar-refractivity contribution in [2.24, 2.45) is 5.92 Å². The van der Waals surface area contributed by atoms with Crippen molar-refractivity contribution in [2.45, 2.75) is 26.3 Å². The molecule has 1 aliphatic rings. The van der Waals surface area contributed by atoms with E-state index in [1.807, 2.05) is 59.5 Å². The molecule has 142 valence electrons. The van der Waals surface area contributed by atoms with E-state index in [0.717, 1.165) is 24.3 Å². The van der Waals surface area contributed by atoms with Crippen molar-refractivity contribution >= 4 is 17.5 Å². The molecule has 0 unspecified atom stereocenters. The van der Waals surface area contributed by atoms with Crippen molar-refractivity contribution in [1.29, 1.82) is 0 Å². The zero-order valence-electron chi connectivity index (χ0n) is 15.8. The van der Waals surface area contributed by atoms with Gasteiger partial charge < -0.3 is 15.5 Å². The normalized spacial score (nSPS) is 14.8. The van der Waals surface area contributed by atoms with Crippen LogP contribution in [-0.2, 0) is 11.3 Å². The number of hydrogen-bond donors (Lipinski definition) is 2. The molecule has 3 rings (SSSR count). The zero-order chi connectivity index (χ0) is 19.1. The maximum Gasteiger partial charge on any atom is 0.253 e. The third-order valence-corrected chi connectivity index (χ3v) is 4.95. The van der Waals surface area contributed by atoms with Gasteiger partial charge in [0.1, 0.15) is 0 Å². The van der Waals surface area contributed by atoms with Crippen LogP contribution in [0.25, 0.3) is 0 Å². The van der Waals surface area contributed by atoms with Gasteiger partial charge in [-0.2, -0.15) is 0 Å². The SMILES string of the molecule is CCNCc1cccc(NC(=O)C2CCN(C(=O)c3ccccc3)CC2)c1. The van der Waals surface area contributed by atoms with Crippen molar-refractivity contribution in [3.05, 3.63) is 65.7 Å². The van der Waals surface area contributed by atoms with E-state index in [1.165, 1.54) is 0 Å². The molecule has 5 heteroatoms. The lowest BCUT2D eigenvalue weighted by atomic mass is 9.95. The molecule has 0 aromatic heterocycles. The molecule has 2 aromatic carbocycles. The first-order chi connectivity index (χ1) is 13.2. The molecule has 2 aromatic rings. The average Bonchev–Trinajstić information content (AvgIpc) is 2.72. The molecule has 1 heterocycles. The summed E-state index contributed by atoms with van der Waals surface area (Å²) in [6.45, 7) is 5.01. The molecule has 1 saturated heterocycles. The third kappa shape index (κ3) is 5.17. The summed E-state index contributed by atoms with van der Waals surface area (Å²) in [6.07, 6.45) is 1.39. The van der Waals surface area contributed by atoms with Crippen LogP contribution < -0.4 is 10.6 Å². The molecule has 27 heavy (non-hydrogen) atoms. The molecule has 0 spiro atoms. The molecule has 0 bridgehead atoms. The number of nitrogens with zero attached hydrogens (tertiary/aromatic N) is 1. The Morgan fingerprint density at radius 3 is 2.48 bits per heavy atom. The molecule has 0 radical (unpaired) electrons. The lowest BCUT2D eigenvalue weighted by Gasteiger charge is -2.31. The van der Waals surface area contributed by atoms with Gasteiger partial charge in [-0.1, -0.05) is 37.3 Å². The standard InChI is InChI=1S/C22H27N3O2/c1-2-23-16-17-7-6-10-20(15-17)24-21(26)18-11-13-25(14-12-18)22(27)19-8-4-3-5-9-19/h3-10,15,18,23H,2,11-14,16H2,1H3,(H,24,26). The second-order valence-corrected chi connectivity index (χ2v) is 6.90. The van der Waals surface area contributed by atoms with Crippen molar-refractivity contribution < 1.29 is 9.59 Å². The Balaban J connectivity index is 1.52. The zero-order valence-corrected chi connectivity index (χ0v) is 15.8. The van der Waals surface area contributed by atoms with E-state index >= 15 is 0 Å². The predicted octanol–water partition coefficient (Wildman–Crippen LogP) is 3.29. The van der Waals surface area contributed by atoms with Gasteiger partial charge in [0.2, 0.25) is 5.91 Å². The molecule has 0 atom stereocenters. The summed E-state index contributed by atoms with van der Waals surface area (Å²) < 4.78 is 0. The van der Waals surface area contributed by atoms with Crippen LogP contribution in [0.5, 0.6) is 0 Å². The summed E-state index contributed by atoms with van der Waals surface area (Å²) in [4.78, 5) is 27.0. The van der Waals surface area contributed by atoms with E-state index in [-0.39, 0.29) is 17.7 Å². The van der Waals surface area contributed by atoms with Crippen LogP contribution >= 0.6 is 0 Å². The molecular formula is C22H27N3O2. The number of carbonyl (C=O) groups is 2. The Hall–Kier alpha value is -2.66. The van der Waals surface area contributed by atoms with Gasteiger partial charge in [-0.25, -0.2) is 0 Å². The van der Waals surface area contributed by atoms with E-state index in [9.17, 15) is 9.59 Å². The smallest absolute Gasteiger partial charge is 0.253 e. The minimum atomic E-state index is -0.0535. The fraction of sp³-hybridized carbons (Fsp3) is 0.364. The maximum atomic E-state index is 12.6. The topological polar surface area (TPSA) is 61.4 Å². The van der Waals surface area contributed by atoms with E-state index in [0.29, 0.717) is 31.5 Å². The van der Waals surface area contributed by atoms with Crippen LogP contribution in [0.2, 0.25) is 0 Å². The van der Waals surface area contributed by atoms with Crippen molar-refractivity contribution in [2.75, 3.05) is 25.0 Å². The third-order valence-electron chi connectivity index (χ3n) is 4.95. The fourth-order valence-electron chi connectivity index (χ4n) is 3.38. The molecule has 1 fully saturated rings. The van der Waals surface area contributed by atoms with Gasteiger partial charge in [-0.3, -0.25) is 9.59 Å². The molecule has 2 N–H and O–H groups in total. The molecular weight excluding hydrogens is 338 g/mol. The number of amides is 2. The van der Waals surface area contributed by atoms with Crippen LogP contribution in [0.1, 0.15) is 35.7 Å². The predicted molar refractivity (Wildman–Crippen MR) is 108 cm³/mol. The van der Waals surface area contributed by atoms with Crippen LogP contribution in [0, 0.1) is 5.92 Å². The minimum Gasteiger partial charge on any atom is -0.339 e. The minimum absolute atomic E-state index is 0.0439. The van der Waals surface area contributed by atoms with Crippen LogP contribution in [-0.4, -0.2) is 36.3 Å². The molecule has 0 aliphatic carbocycles. The van der Waals surface area contributed by atoms with E-state index in [4.69, 9.17) is 0 Å². The first-order valence-corrected chi connectivity index (χ1v) is 9.62. The second kappa shape index (κ2) is 9.33. The summed E-state index contributed by atoms with van der Waals surface area (Å²) in [6, 6.07) is 17.3. The van der Waals surface area contributed by atoms with Gasteiger partial charge in [0.05, 0.1) is 0 Å². The molecule has 2 amide bonds. The van der Waals surface area contributed by atoms with Gasteiger partial charge in [0, 0.05) is 36.8 Å². The maximum absolute atomic E-state index is 12.6. The number of benzene rings is 2. The van der Waals surface area contributed by atoms with E-state index in [2.05, 4.69) is 17.6 Å². The van der Waals surface area contributed by atoms with Crippen molar-refractivity contribution in [3.63, 3.8) is 0 Å². The first kappa shape index (κ1) is 19.1. The Bertz CT molecular complexity index is 768. The highest BCUT2D eigenvalue weighted by molar-refractivity contribution is 5.95. The highest BCUT2D eigenvalue weighted by Gasteiger charge is 2.27. The molecule has 5 nitrogen and oxygen atoms in total. The number of carbonyl (C=O) groups excluding carboxylic acids is 2. The Labute approximate surface area is 160 Å². The number of nitrogens with one attached hydrogen (secondary N) is 2. The average molecular weight is 365 g/mol. The fourth-order valence-corrected chi connectivity index (χ4v) is 3.38. The number of hydrogen-bond acceptors (Lipinski definition) is 3. The van der Waals surface area contributed by atoms with Gasteiger partial charge in [0.15, 0.2) is 0 Å². The summed E-state index contributed by atoms with van der Waals surface area (Å²) >= 11 is 0. The second-order valence-electron chi connectivity index (χ2n) is 6.90. The lowest BCUT2D eigenvalue weighted by Crippen LogP contribution is -2.41. The highest BCUT2D eigenvalue weighted by atomic mass is 16.2. The Morgan fingerprint density at radius 2 is 1.78 bits per heavy atom. The number of likely N-dealkylation sites (tertiary alicyclic amines) is 1. The molecule has 1 aliphatic heterocycles. The number of rotatable bonds is 6. The first-order valence-electron chi connectivity index (χ1n) is 9.62. The monoisotopic (exact) mass is 365 g/mol. The Kier molecular flexibility index (Phi) is 6.60. The Morgan fingerprint density at radius 1 is 1.04 bits per heavy atom. The van der Waals surface area contributed by atoms with Gasteiger partial charge in [0.25, 0.3) is 5.91 Å². The van der Waals surface area contributed by atoms with E-state index < -0.39 is 0 Å². The molecule has 0 saturated carbocycles. The largest absolute Gasteiger partial charge is 0.339 e. The van der Waals surface area contributed by atoms with Crippen molar-refractivity contribution in [3.8, 4) is 0 Å². The van der Waals surface area contributed by atoms with Crippen LogP contribution in [0.3, 0.4) is 0 Å². The van der Waals surface area contributed by atoms with Crippen molar-refractivity contribution in [1.82, 2.24) is 10.2 Å². The van der Waals surface area contributed by atoms with Crippen LogP contribution in [0.4, 0.5) is 5.69 Å². The quantitative estimate of drug-likeness (QED) is 0.826. The van der Waals surface area contributed by atoms with Gasteiger partial charge >= 0.3 is 0 Å². The van der Waals surface area contributed by atoms with Gasteiger partial charge in [-0.15, -0.1) is 0 Å². The number of piperidine rings is 1.